The monoisotopic (exact) mass is 279 g/mol. The highest BCUT2D eigenvalue weighted by atomic mass is 16.2. The van der Waals surface area contributed by atoms with Gasteiger partial charge in [-0.15, -0.1) is 0 Å². The summed E-state index contributed by atoms with van der Waals surface area (Å²) in [5.74, 6) is 0.901. The summed E-state index contributed by atoms with van der Waals surface area (Å²) in [6.07, 6.45) is 1.02. The molecule has 1 aliphatic carbocycles. The molecule has 0 heterocycles. The van der Waals surface area contributed by atoms with Crippen molar-refractivity contribution in [1.29, 1.82) is 0 Å². The fraction of sp³-hybridized carbons (Fsp3) is 0.316. The zero-order valence-electron chi connectivity index (χ0n) is 12.5. The number of rotatable bonds is 4. The Labute approximate surface area is 126 Å². The predicted molar refractivity (Wildman–Crippen MR) is 84.9 cm³/mol. The zero-order chi connectivity index (χ0) is 14.8. The van der Waals surface area contributed by atoms with Gasteiger partial charge in [0.15, 0.2) is 0 Å². The first-order chi connectivity index (χ1) is 10.1. The van der Waals surface area contributed by atoms with Crippen molar-refractivity contribution in [3.63, 3.8) is 0 Å². The van der Waals surface area contributed by atoms with E-state index < -0.39 is 0 Å². The number of aryl methyl sites for hydroxylation is 1. The maximum Gasteiger partial charge on any atom is 0.224 e. The van der Waals surface area contributed by atoms with Gasteiger partial charge >= 0.3 is 0 Å². The summed E-state index contributed by atoms with van der Waals surface area (Å²) >= 11 is 0. The maximum absolute atomic E-state index is 12.3. The van der Waals surface area contributed by atoms with Crippen LogP contribution in [0.2, 0.25) is 0 Å². The van der Waals surface area contributed by atoms with Gasteiger partial charge in [0.2, 0.25) is 5.91 Å². The summed E-state index contributed by atoms with van der Waals surface area (Å²) in [5.41, 5.74) is 3.49. The molecule has 1 N–H and O–H groups in total. The van der Waals surface area contributed by atoms with Crippen LogP contribution in [0.3, 0.4) is 0 Å². The molecule has 1 amide bonds. The molecule has 1 fully saturated rings. The number of amides is 1. The third-order valence-electron chi connectivity index (χ3n) is 4.28. The summed E-state index contributed by atoms with van der Waals surface area (Å²) in [6.45, 7) is 4.21. The van der Waals surface area contributed by atoms with Gasteiger partial charge in [-0.05, 0) is 30.4 Å². The molecule has 21 heavy (non-hydrogen) atoms. The highest BCUT2D eigenvalue weighted by molar-refractivity contribution is 5.82. The number of benzene rings is 2. The van der Waals surface area contributed by atoms with Crippen LogP contribution in [0.1, 0.15) is 36.1 Å². The molecule has 2 heteroatoms. The van der Waals surface area contributed by atoms with Crippen LogP contribution in [0.25, 0.3) is 0 Å². The molecule has 0 unspecified atom stereocenters. The molecule has 0 aliphatic heterocycles. The number of carbonyl (C=O) groups is 1. The van der Waals surface area contributed by atoms with Crippen molar-refractivity contribution in [2.24, 2.45) is 11.8 Å². The molecule has 0 bridgehead atoms. The molecular formula is C19H21NO. The second-order valence-electron chi connectivity index (χ2n) is 6.08. The van der Waals surface area contributed by atoms with Crippen molar-refractivity contribution < 1.29 is 4.79 Å². The van der Waals surface area contributed by atoms with E-state index in [4.69, 9.17) is 0 Å². The van der Waals surface area contributed by atoms with Crippen LogP contribution in [0.15, 0.2) is 54.6 Å². The molecule has 2 aromatic carbocycles. The Morgan fingerprint density at radius 1 is 1.05 bits per heavy atom. The Morgan fingerprint density at radius 3 is 2.19 bits per heavy atom. The van der Waals surface area contributed by atoms with Crippen LogP contribution >= 0.6 is 0 Å². The minimum Gasteiger partial charge on any atom is -0.345 e. The zero-order valence-corrected chi connectivity index (χ0v) is 12.5. The van der Waals surface area contributed by atoms with Crippen LogP contribution < -0.4 is 5.32 Å². The van der Waals surface area contributed by atoms with E-state index in [1.54, 1.807) is 0 Å². The van der Waals surface area contributed by atoms with Gasteiger partial charge < -0.3 is 5.32 Å². The van der Waals surface area contributed by atoms with Gasteiger partial charge in [-0.3, -0.25) is 4.79 Å². The van der Waals surface area contributed by atoms with Crippen molar-refractivity contribution in [3.8, 4) is 0 Å². The third kappa shape index (κ3) is 3.15. The molecule has 1 aliphatic rings. The molecule has 0 aromatic heterocycles. The van der Waals surface area contributed by atoms with Crippen LogP contribution in [-0.2, 0) is 4.79 Å². The quantitative estimate of drug-likeness (QED) is 0.904. The highest BCUT2D eigenvalue weighted by Crippen LogP contribution is 2.38. The van der Waals surface area contributed by atoms with E-state index in [0.717, 1.165) is 17.5 Å². The van der Waals surface area contributed by atoms with Gasteiger partial charge in [0.1, 0.15) is 0 Å². The van der Waals surface area contributed by atoms with Crippen molar-refractivity contribution in [1.82, 2.24) is 5.32 Å². The lowest BCUT2D eigenvalue weighted by Gasteiger charge is -2.20. The average Bonchev–Trinajstić information content (AvgIpc) is 3.24. The van der Waals surface area contributed by atoms with Crippen molar-refractivity contribution in [3.05, 3.63) is 71.3 Å². The van der Waals surface area contributed by atoms with Gasteiger partial charge in [0.25, 0.3) is 0 Å². The second kappa shape index (κ2) is 5.72. The fourth-order valence-corrected chi connectivity index (χ4v) is 2.70. The van der Waals surface area contributed by atoms with Gasteiger partial charge in [-0.1, -0.05) is 67.1 Å². The first kappa shape index (κ1) is 13.9. The highest BCUT2D eigenvalue weighted by Gasteiger charge is 2.39. The lowest BCUT2D eigenvalue weighted by molar-refractivity contribution is -0.123. The summed E-state index contributed by atoms with van der Waals surface area (Å²) < 4.78 is 0. The molecule has 0 radical (unpaired) electrons. The summed E-state index contributed by atoms with van der Waals surface area (Å²) in [4.78, 5) is 12.3. The second-order valence-corrected chi connectivity index (χ2v) is 6.08. The van der Waals surface area contributed by atoms with Crippen LogP contribution in [0.4, 0.5) is 0 Å². The minimum absolute atomic E-state index is 0.0629. The van der Waals surface area contributed by atoms with E-state index >= 15 is 0 Å². The molecule has 3 rings (SSSR count). The maximum atomic E-state index is 12.3. The van der Waals surface area contributed by atoms with E-state index in [9.17, 15) is 4.79 Å². The molecular weight excluding hydrogens is 258 g/mol. The van der Waals surface area contributed by atoms with E-state index in [1.807, 2.05) is 18.2 Å². The number of hydrogen-bond acceptors (Lipinski definition) is 1. The first-order valence-corrected chi connectivity index (χ1v) is 7.57. The smallest absolute Gasteiger partial charge is 0.224 e. The van der Waals surface area contributed by atoms with E-state index in [-0.39, 0.29) is 17.9 Å². The van der Waals surface area contributed by atoms with Crippen LogP contribution in [-0.4, -0.2) is 5.91 Å². The molecule has 0 spiro atoms. The van der Waals surface area contributed by atoms with Crippen molar-refractivity contribution >= 4 is 5.91 Å². The summed E-state index contributed by atoms with van der Waals surface area (Å²) in [6, 6.07) is 18.5. The largest absolute Gasteiger partial charge is 0.345 e. The number of hydrogen-bond donors (Lipinski definition) is 1. The minimum atomic E-state index is -0.0629. The van der Waals surface area contributed by atoms with E-state index in [1.165, 1.54) is 5.56 Å². The molecule has 3 atom stereocenters. The normalized spacial score (nSPS) is 21.6. The SMILES string of the molecule is Cc1ccc([C@H](NC(=O)[C@@H]2C[C@H]2C)c2ccccc2)cc1. The van der Waals surface area contributed by atoms with E-state index in [2.05, 4.69) is 55.6 Å². The van der Waals surface area contributed by atoms with Gasteiger partial charge in [0, 0.05) is 5.92 Å². The third-order valence-corrected chi connectivity index (χ3v) is 4.28. The molecule has 2 aromatic rings. The lowest BCUT2D eigenvalue weighted by Crippen LogP contribution is -2.30. The Hall–Kier alpha value is -2.09. The van der Waals surface area contributed by atoms with Crippen molar-refractivity contribution in [2.45, 2.75) is 26.3 Å². The lowest BCUT2D eigenvalue weighted by atomic mass is 9.97. The van der Waals surface area contributed by atoms with E-state index in [0.29, 0.717) is 5.92 Å². The van der Waals surface area contributed by atoms with Gasteiger partial charge in [0.05, 0.1) is 6.04 Å². The standard InChI is InChI=1S/C19H21NO/c1-13-8-10-16(11-9-13)18(15-6-4-3-5-7-15)20-19(21)17-12-14(17)2/h3-11,14,17-18H,12H2,1-2H3,(H,20,21)/t14-,17-,18-/m1/s1. The predicted octanol–water partition coefficient (Wildman–Crippen LogP) is 3.86. The fourth-order valence-electron chi connectivity index (χ4n) is 2.70. The van der Waals surface area contributed by atoms with Crippen molar-refractivity contribution in [2.75, 3.05) is 0 Å². The molecule has 0 saturated heterocycles. The molecule has 1 saturated carbocycles. The Bertz CT molecular complexity index is 618. The number of carbonyl (C=O) groups excluding carboxylic acids is 1. The topological polar surface area (TPSA) is 29.1 Å². The Balaban J connectivity index is 1.87. The van der Waals surface area contributed by atoms with Crippen LogP contribution in [0, 0.1) is 18.8 Å². The molecule has 2 nitrogen and oxygen atoms in total. The number of nitrogens with one attached hydrogen (secondary N) is 1. The summed E-state index contributed by atoms with van der Waals surface area (Å²) in [7, 11) is 0. The van der Waals surface area contributed by atoms with Gasteiger partial charge in [-0.2, -0.15) is 0 Å². The van der Waals surface area contributed by atoms with Gasteiger partial charge in [-0.25, -0.2) is 0 Å². The molecule has 108 valence electrons. The Morgan fingerprint density at radius 2 is 1.62 bits per heavy atom. The summed E-state index contributed by atoms with van der Waals surface area (Å²) in [5, 5.41) is 3.22. The van der Waals surface area contributed by atoms with Crippen LogP contribution in [0.5, 0.6) is 0 Å². The first-order valence-electron chi connectivity index (χ1n) is 7.57. The average molecular weight is 279 g/mol. The Kier molecular flexibility index (Phi) is 3.78.